The zero-order chi connectivity index (χ0) is 19.0. The minimum Gasteiger partial charge on any atom is -0.486 e. The highest BCUT2D eigenvalue weighted by Crippen LogP contribution is 2.38. The number of pyridine rings is 2. The maximum absolute atomic E-state index is 12.9. The van der Waals surface area contributed by atoms with Gasteiger partial charge in [-0.2, -0.15) is 0 Å². The lowest BCUT2D eigenvalue weighted by Gasteiger charge is -2.21. The highest BCUT2D eigenvalue weighted by Gasteiger charge is 2.33. The number of ether oxygens (including phenoxy) is 3. The number of hydrogen-bond donors (Lipinski definition) is 1. The van der Waals surface area contributed by atoms with Crippen LogP contribution in [0.3, 0.4) is 0 Å². The molecule has 140 valence electrons. The molecule has 0 saturated heterocycles. The highest BCUT2D eigenvalue weighted by molar-refractivity contribution is 5.87. The maximum atomic E-state index is 12.9. The Morgan fingerprint density at radius 3 is 2.64 bits per heavy atom. The van der Waals surface area contributed by atoms with Crippen molar-refractivity contribution in [2.24, 2.45) is 0 Å². The van der Waals surface area contributed by atoms with Crippen LogP contribution in [0.15, 0.2) is 29.1 Å². The Morgan fingerprint density at radius 2 is 1.82 bits per heavy atom. The summed E-state index contributed by atoms with van der Waals surface area (Å²) in [6, 6.07) is 7.38. The van der Waals surface area contributed by atoms with Gasteiger partial charge < -0.3 is 23.9 Å². The van der Waals surface area contributed by atoms with Gasteiger partial charge in [0, 0.05) is 22.6 Å². The maximum Gasteiger partial charge on any atom is 0.340 e. The van der Waals surface area contributed by atoms with Crippen LogP contribution in [0.5, 0.6) is 11.5 Å². The summed E-state index contributed by atoms with van der Waals surface area (Å²) in [4.78, 5) is 29.4. The van der Waals surface area contributed by atoms with Crippen LogP contribution in [0, 0.1) is 0 Å². The number of aliphatic hydroxyl groups is 1. The second-order valence-electron chi connectivity index (χ2n) is 7.05. The number of fused-ring (bicyclic) bond motifs is 6. The predicted molar refractivity (Wildman–Crippen MR) is 96.3 cm³/mol. The molecule has 0 amide bonds. The second-order valence-corrected chi connectivity index (χ2v) is 7.05. The number of esters is 1. The third-order valence-corrected chi connectivity index (χ3v) is 5.44. The first-order chi connectivity index (χ1) is 13.6. The van der Waals surface area contributed by atoms with Gasteiger partial charge in [-0.1, -0.05) is 0 Å². The average Bonchev–Trinajstić information content (AvgIpc) is 3.05. The molecule has 3 aromatic rings. The van der Waals surface area contributed by atoms with E-state index in [4.69, 9.17) is 19.2 Å². The molecule has 0 fully saturated rings. The fourth-order valence-corrected chi connectivity index (χ4v) is 4.07. The molecule has 3 aliphatic heterocycles. The quantitative estimate of drug-likeness (QED) is 0.460. The van der Waals surface area contributed by atoms with Crippen LogP contribution >= 0.6 is 0 Å². The smallest absolute Gasteiger partial charge is 0.340 e. The largest absolute Gasteiger partial charge is 0.486 e. The molecule has 0 bridgehead atoms. The van der Waals surface area contributed by atoms with Crippen molar-refractivity contribution in [1.29, 1.82) is 0 Å². The van der Waals surface area contributed by atoms with E-state index < -0.39 is 12.1 Å². The van der Waals surface area contributed by atoms with Gasteiger partial charge in [-0.25, -0.2) is 9.78 Å². The molecule has 1 unspecified atom stereocenters. The second kappa shape index (κ2) is 5.32. The van der Waals surface area contributed by atoms with Crippen molar-refractivity contribution in [2.75, 3.05) is 13.2 Å². The molecule has 0 radical (unpaired) electrons. The molecule has 5 heterocycles. The Bertz CT molecular complexity index is 1260. The van der Waals surface area contributed by atoms with Gasteiger partial charge in [-0.3, -0.25) is 4.79 Å². The third kappa shape index (κ3) is 2.00. The van der Waals surface area contributed by atoms with Crippen molar-refractivity contribution in [3.8, 4) is 22.9 Å². The first-order valence-electron chi connectivity index (χ1n) is 8.95. The number of aromatic nitrogens is 2. The van der Waals surface area contributed by atoms with Crippen LogP contribution in [0.4, 0.5) is 0 Å². The van der Waals surface area contributed by atoms with E-state index in [2.05, 4.69) is 0 Å². The molecular formula is C20H14N2O6. The van der Waals surface area contributed by atoms with Gasteiger partial charge in [0.05, 0.1) is 29.0 Å². The van der Waals surface area contributed by atoms with Gasteiger partial charge in [0.1, 0.15) is 19.8 Å². The van der Waals surface area contributed by atoms with E-state index in [-0.39, 0.29) is 12.2 Å². The van der Waals surface area contributed by atoms with E-state index in [1.807, 2.05) is 18.2 Å². The number of benzene rings is 1. The van der Waals surface area contributed by atoms with Crippen LogP contribution in [0.25, 0.3) is 22.3 Å². The van der Waals surface area contributed by atoms with Gasteiger partial charge in [-0.15, -0.1) is 0 Å². The van der Waals surface area contributed by atoms with Crippen molar-refractivity contribution < 1.29 is 24.1 Å². The van der Waals surface area contributed by atoms with E-state index in [1.165, 1.54) is 0 Å². The Morgan fingerprint density at radius 1 is 1.04 bits per heavy atom. The lowest BCUT2D eigenvalue weighted by atomic mass is 10.0. The summed E-state index contributed by atoms with van der Waals surface area (Å²) in [5, 5.41) is 11.1. The molecule has 6 rings (SSSR count). The molecule has 0 spiro atoms. The molecule has 3 aliphatic rings. The van der Waals surface area contributed by atoms with Crippen molar-refractivity contribution in [3.05, 3.63) is 51.3 Å². The van der Waals surface area contributed by atoms with Crippen molar-refractivity contribution >= 4 is 16.9 Å². The number of hydrogen-bond acceptors (Lipinski definition) is 7. The molecule has 8 heteroatoms. The van der Waals surface area contributed by atoms with E-state index in [9.17, 15) is 14.7 Å². The Kier molecular flexibility index (Phi) is 2.98. The fourth-order valence-electron chi connectivity index (χ4n) is 4.07. The Labute approximate surface area is 157 Å². The molecule has 0 saturated carbocycles. The van der Waals surface area contributed by atoms with Crippen LogP contribution in [-0.4, -0.2) is 33.8 Å². The number of carbonyl (C=O) groups is 1. The van der Waals surface area contributed by atoms with Gasteiger partial charge in [0.15, 0.2) is 17.6 Å². The molecule has 2 aromatic heterocycles. The molecule has 1 atom stereocenters. The summed E-state index contributed by atoms with van der Waals surface area (Å²) in [5.41, 5.74) is 3.20. The summed E-state index contributed by atoms with van der Waals surface area (Å²) >= 11 is 0. The molecule has 28 heavy (non-hydrogen) atoms. The zero-order valence-corrected chi connectivity index (χ0v) is 14.6. The summed E-state index contributed by atoms with van der Waals surface area (Å²) in [5.74, 6) is 0.581. The number of cyclic esters (lactones) is 1. The molecular weight excluding hydrogens is 364 g/mol. The zero-order valence-electron chi connectivity index (χ0n) is 14.6. The Hall–Kier alpha value is -3.39. The standard InChI is InChI=1S/C20H14N2O6/c23-18-11-5-14-17-10(7-22(14)19(24)12(11)8-28-20(18)25)3-9-4-15-16(6-13(9)21-17)27-2-1-26-15/h3-6,18,23H,1-2,7-8H2. The number of rotatable bonds is 0. The van der Waals surface area contributed by atoms with Crippen LogP contribution in [0.1, 0.15) is 22.8 Å². The van der Waals surface area contributed by atoms with E-state index >= 15 is 0 Å². The predicted octanol–water partition coefficient (Wildman–Crippen LogP) is 1.29. The highest BCUT2D eigenvalue weighted by atomic mass is 16.6. The summed E-state index contributed by atoms with van der Waals surface area (Å²) < 4.78 is 17.8. The van der Waals surface area contributed by atoms with Gasteiger partial charge in [0.2, 0.25) is 0 Å². The first kappa shape index (κ1) is 15.6. The molecule has 0 aliphatic carbocycles. The summed E-state index contributed by atoms with van der Waals surface area (Å²) in [6.45, 7) is 1.24. The lowest BCUT2D eigenvalue weighted by molar-refractivity contribution is -0.157. The van der Waals surface area contributed by atoms with E-state index in [0.717, 1.165) is 16.5 Å². The third-order valence-electron chi connectivity index (χ3n) is 5.44. The summed E-state index contributed by atoms with van der Waals surface area (Å²) in [7, 11) is 0. The molecule has 1 aromatic carbocycles. The van der Waals surface area contributed by atoms with Crippen molar-refractivity contribution in [1.82, 2.24) is 9.55 Å². The van der Waals surface area contributed by atoms with Crippen molar-refractivity contribution in [2.45, 2.75) is 19.3 Å². The van der Waals surface area contributed by atoms with Crippen LogP contribution < -0.4 is 15.0 Å². The average molecular weight is 378 g/mol. The van der Waals surface area contributed by atoms with E-state index in [0.29, 0.717) is 53.8 Å². The van der Waals surface area contributed by atoms with Gasteiger partial charge >= 0.3 is 5.97 Å². The van der Waals surface area contributed by atoms with Crippen LogP contribution in [-0.2, 0) is 22.7 Å². The summed E-state index contributed by atoms with van der Waals surface area (Å²) in [6.07, 6.45) is -1.45. The number of carbonyl (C=O) groups excluding carboxylic acids is 1. The Balaban J connectivity index is 1.58. The normalized spacial score (nSPS) is 19.0. The van der Waals surface area contributed by atoms with E-state index in [1.54, 1.807) is 10.6 Å². The minimum atomic E-state index is -1.45. The van der Waals surface area contributed by atoms with Crippen LogP contribution in [0.2, 0.25) is 0 Å². The molecule has 1 N–H and O–H groups in total. The fraction of sp³-hybridized carbons (Fsp3) is 0.250. The topological polar surface area (TPSA) is 99.9 Å². The molecule has 8 nitrogen and oxygen atoms in total. The number of nitrogens with zero attached hydrogens (tertiary/aromatic N) is 2. The first-order valence-corrected chi connectivity index (χ1v) is 8.95. The van der Waals surface area contributed by atoms with Gasteiger partial charge in [-0.05, 0) is 18.2 Å². The SMILES string of the molecule is O=C1OCc2c(cc3n(c2=O)Cc2cc4cc5c(cc4nc2-3)OCCO5)C1O. The van der Waals surface area contributed by atoms with Crippen molar-refractivity contribution in [3.63, 3.8) is 0 Å². The monoisotopic (exact) mass is 378 g/mol. The number of aliphatic hydroxyl groups excluding tert-OH is 1. The lowest BCUT2D eigenvalue weighted by Crippen LogP contribution is -2.32. The minimum absolute atomic E-state index is 0.127. The van der Waals surface area contributed by atoms with Gasteiger partial charge in [0.25, 0.3) is 5.56 Å².